The first-order valence-electron chi connectivity index (χ1n) is 8.43. The maximum atomic E-state index is 12.8. The second-order valence-corrected chi connectivity index (χ2v) is 6.10. The molecule has 2 aromatic rings. The minimum Gasteiger partial charge on any atom is -0.447 e. The fraction of sp³-hybridized carbons (Fsp3) is 0.238. The summed E-state index contributed by atoms with van der Waals surface area (Å²) in [5.74, 6) is -0.690. The Bertz CT molecular complexity index is 755. The largest absolute Gasteiger partial charge is 0.447 e. The van der Waals surface area contributed by atoms with Gasteiger partial charge < -0.3 is 4.74 Å². The van der Waals surface area contributed by atoms with Crippen LogP contribution in [-0.4, -0.2) is 30.1 Å². The molecule has 1 saturated heterocycles. The highest BCUT2D eigenvalue weighted by atomic mass is 16.6. The van der Waals surface area contributed by atoms with Gasteiger partial charge in [0.05, 0.1) is 6.54 Å². The monoisotopic (exact) mass is 335 g/mol. The summed E-state index contributed by atoms with van der Waals surface area (Å²) in [5, 5.41) is 0. The van der Waals surface area contributed by atoms with Crippen LogP contribution < -0.4 is 0 Å². The van der Waals surface area contributed by atoms with Gasteiger partial charge in [-0.3, -0.25) is 4.79 Å². The van der Waals surface area contributed by atoms with Crippen molar-refractivity contribution in [3.05, 3.63) is 77.9 Å². The minimum atomic E-state index is -0.546. The molecule has 1 aliphatic rings. The third kappa shape index (κ3) is 3.97. The van der Waals surface area contributed by atoms with Crippen LogP contribution in [0.2, 0.25) is 0 Å². The van der Waals surface area contributed by atoms with E-state index in [0.29, 0.717) is 6.54 Å². The first-order valence-corrected chi connectivity index (χ1v) is 8.43. The van der Waals surface area contributed by atoms with E-state index < -0.39 is 6.09 Å². The summed E-state index contributed by atoms with van der Waals surface area (Å²) in [4.78, 5) is 25.7. The van der Waals surface area contributed by atoms with E-state index in [1.54, 1.807) is 0 Å². The molecule has 4 nitrogen and oxygen atoms in total. The molecule has 1 aliphatic heterocycles. The molecule has 0 bridgehead atoms. The maximum Gasteiger partial charge on any atom is 0.416 e. The molecule has 0 saturated carbocycles. The van der Waals surface area contributed by atoms with E-state index in [0.717, 1.165) is 11.1 Å². The summed E-state index contributed by atoms with van der Waals surface area (Å²) in [6.45, 7) is 2.46. The number of nitrogens with zero attached hydrogens (tertiary/aromatic N) is 1. The lowest BCUT2D eigenvalue weighted by Gasteiger charge is -2.23. The number of rotatable bonds is 5. The van der Waals surface area contributed by atoms with Gasteiger partial charge in [0.25, 0.3) is 0 Å². The lowest BCUT2D eigenvalue weighted by Crippen LogP contribution is -2.37. The van der Waals surface area contributed by atoms with Crippen molar-refractivity contribution in [1.82, 2.24) is 4.90 Å². The Balaban J connectivity index is 1.87. The van der Waals surface area contributed by atoms with Gasteiger partial charge >= 0.3 is 6.09 Å². The summed E-state index contributed by atoms with van der Waals surface area (Å²) < 4.78 is 4.90. The Morgan fingerprint density at radius 1 is 1.08 bits per heavy atom. The fourth-order valence-corrected chi connectivity index (χ4v) is 3.01. The second kappa shape index (κ2) is 7.79. The predicted octanol–water partition coefficient (Wildman–Crippen LogP) is 4.10. The molecule has 0 unspecified atom stereocenters. The van der Waals surface area contributed by atoms with Crippen LogP contribution in [0.3, 0.4) is 0 Å². The van der Waals surface area contributed by atoms with E-state index in [-0.39, 0.29) is 24.3 Å². The van der Waals surface area contributed by atoms with Gasteiger partial charge in [-0.2, -0.15) is 0 Å². The lowest BCUT2D eigenvalue weighted by atomic mass is 9.85. The molecule has 0 aromatic heterocycles. The van der Waals surface area contributed by atoms with Crippen LogP contribution in [0.25, 0.3) is 6.08 Å². The number of imide groups is 1. The van der Waals surface area contributed by atoms with Gasteiger partial charge in [-0.25, -0.2) is 9.69 Å². The molecular formula is C21H21NO3. The van der Waals surface area contributed by atoms with Crippen LogP contribution >= 0.6 is 0 Å². The summed E-state index contributed by atoms with van der Waals surface area (Å²) >= 11 is 0. The summed E-state index contributed by atoms with van der Waals surface area (Å²) in [5.41, 5.74) is 2.12. The number of benzene rings is 2. The third-order valence-corrected chi connectivity index (χ3v) is 4.44. The molecule has 0 radical (unpaired) electrons. The quantitative estimate of drug-likeness (QED) is 0.826. The topological polar surface area (TPSA) is 46.6 Å². The van der Waals surface area contributed by atoms with E-state index in [9.17, 15) is 9.59 Å². The van der Waals surface area contributed by atoms with Crippen LogP contribution in [0.1, 0.15) is 24.0 Å². The van der Waals surface area contributed by atoms with Crippen molar-refractivity contribution in [2.75, 3.05) is 13.2 Å². The van der Waals surface area contributed by atoms with E-state index in [1.807, 2.05) is 79.7 Å². The van der Waals surface area contributed by atoms with Gasteiger partial charge in [0, 0.05) is 11.8 Å². The normalized spacial score (nSPS) is 16.7. The molecule has 2 amide bonds. The Morgan fingerprint density at radius 3 is 2.32 bits per heavy atom. The number of allylic oxidation sites excluding steroid dienone is 1. The van der Waals surface area contributed by atoms with Crippen molar-refractivity contribution in [1.29, 1.82) is 0 Å². The van der Waals surface area contributed by atoms with Crippen LogP contribution in [-0.2, 0) is 9.53 Å². The highest BCUT2D eigenvalue weighted by Gasteiger charge is 2.34. The van der Waals surface area contributed by atoms with Gasteiger partial charge in [-0.05, 0) is 11.1 Å². The van der Waals surface area contributed by atoms with Crippen molar-refractivity contribution < 1.29 is 14.3 Å². The van der Waals surface area contributed by atoms with Gasteiger partial charge in [0.15, 0.2) is 0 Å². The highest BCUT2D eigenvalue weighted by molar-refractivity contribution is 5.94. The maximum absolute atomic E-state index is 12.8. The molecule has 0 N–H and O–H groups in total. The average molecular weight is 335 g/mol. The summed E-state index contributed by atoms with van der Waals surface area (Å²) in [7, 11) is 0. The van der Waals surface area contributed by atoms with E-state index >= 15 is 0 Å². The second-order valence-electron chi connectivity index (χ2n) is 6.10. The summed E-state index contributed by atoms with van der Waals surface area (Å²) in [6, 6.07) is 19.8. The van der Waals surface area contributed by atoms with E-state index in [2.05, 4.69) is 0 Å². The molecule has 1 fully saturated rings. The van der Waals surface area contributed by atoms with Crippen molar-refractivity contribution >= 4 is 18.1 Å². The number of ether oxygens (including phenoxy) is 1. The van der Waals surface area contributed by atoms with E-state index in [4.69, 9.17) is 4.74 Å². The Kier molecular flexibility index (Phi) is 5.29. The van der Waals surface area contributed by atoms with Crippen molar-refractivity contribution in [2.24, 2.45) is 5.92 Å². The number of hydrogen-bond donors (Lipinski definition) is 0. The average Bonchev–Trinajstić information content (AvgIpc) is 3.09. The molecule has 0 spiro atoms. The van der Waals surface area contributed by atoms with Crippen molar-refractivity contribution in [3.63, 3.8) is 0 Å². The zero-order chi connectivity index (χ0) is 17.6. The van der Waals surface area contributed by atoms with Crippen LogP contribution in [0.15, 0.2) is 66.7 Å². The number of carbonyl (C=O) groups excluding carboxylic acids is 2. The molecule has 128 valence electrons. The Hall–Kier alpha value is -2.88. The Morgan fingerprint density at radius 2 is 1.72 bits per heavy atom. The SMILES string of the molecule is C[C@H](C(=O)N1CCOC1=O)[C@H](/C=C/c1ccccc1)c1ccccc1. The highest BCUT2D eigenvalue weighted by Crippen LogP contribution is 2.29. The van der Waals surface area contributed by atoms with Crippen molar-refractivity contribution in [3.8, 4) is 0 Å². The number of hydrogen-bond acceptors (Lipinski definition) is 3. The van der Waals surface area contributed by atoms with Crippen LogP contribution in [0.5, 0.6) is 0 Å². The number of carbonyl (C=O) groups is 2. The smallest absolute Gasteiger partial charge is 0.416 e. The fourth-order valence-electron chi connectivity index (χ4n) is 3.01. The first-order chi connectivity index (χ1) is 12.2. The van der Waals surface area contributed by atoms with Gasteiger partial charge in [-0.1, -0.05) is 79.7 Å². The molecular weight excluding hydrogens is 314 g/mol. The van der Waals surface area contributed by atoms with Crippen LogP contribution in [0.4, 0.5) is 4.79 Å². The van der Waals surface area contributed by atoms with Crippen molar-refractivity contribution in [2.45, 2.75) is 12.8 Å². The molecule has 0 aliphatic carbocycles. The molecule has 3 rings (SSSR count). The predicted molar refractivity (Wildman–Crippen MR) is 96.9 cm³/mol. The molecule has 1 heterocycles. The van der Waals surface area contributed by atoms with Crippen LogP contribution in [0, 0.1) is 5.92 Å². The standard InChI is InChI=1S/C21H21NO3/c1-16(20(23)22-14-15-25-21(22)24)19(18-10-6-3-7-11-18)13-12-17-8-4-2-5-9-17/h2-13,16,19H,14-15H2,1H3/b13-12+/t16-,19-/m0/s1. The zero-order valence-electron chi connectivity index (χ0n) is 14.2. The molecule has 2 aromatic carbocycles. The lowest BCUT2D eigenvalue weighted by molar-refractivity contribution is -0.131. The molecule has 25 heavy (non-hydrogen) atoms. The minimum absolute atomic E-state index is 0.123. The number of amides is 2. The van der Waals surface area contributed by atoms with Gasteiger partial charge in [0.2, 0.25) is 5.91 Å². The Labute approximate surface area is 147 Å². The zero-order valence-corrected chi connectivity index (χ0v) is 14.2. The van der Waals surface area contributed by atoms with Gasteiger partial charge in [-0.15, -0.1) is 0 Å². The van der Waals surface area contributed by atoms with Gasteiger partial charge in [0.1, 0.15) is 6.61 Å². The summed E-state index contributed by atoms with van der Waals surface area (Å²) in [6.07, 6.45) is 3.51. The molecule has 2 atom stereocenters. The molecule has 4 heteroatoms. The van der Waals surface area contributed by atoms with E-state index in [1.165, 1.54) is 4.90 Å². The first kappa shape index (κ1) is 17.0. The third-order valence-electron chi connectivity index (χ3n) is 4.44. The number of cyclic esters (lactones) is 1.